The van der Waals surface area contributed by atoms with Gasteiger partial charge in [-0.25, -0.2) is 0 Å². The molecule has 1 fully saturated rings. The van der Waals surface area contributed by atoms with Crippen molar-refractivity contribution < 1.29 is 4.74 Å². The van der Waals surface area contributed by atoms with E-state index in [2.05, 4.69) is 28.8 Å². The van der Waals surface area contributed by atoms with Crippen molar-refractivity contribution in [2.24, 2.45) is 0 Å². The van der Waals surface area contributed by atoms with Gasteiger partial charge < -0.3 is 15.4 Å². The highest BCUT2D eigenvalue weighted by molar-refractivity contribution is 6.32. The molecule has 2 aromatic carbocycles. The predicted octanol–water partition coefficient (Wildman–Crippen LogP) is 4.61. The Labute approximate surface area is 154 Å². The first kappa shape index (κ1) is 16.7. The first-order valence-electron chi connectivity index (χ1n) is 9.29. The molecule has 3 nitrogen and oxygen atoms in total. The molecule has 2 aliphatic rings. The van der Waals surface area contributed by atoms with Crippen LogP contribution in [0.15, 0.2) is 42.5 Å². The van der Waals surface area contributed by atoms with Crippen LogP contribution in [0.5, 0.6) is 5.75 Å². The minimum absolute atomic E-state index is 0.588. The summed E-state index contributed by atoms with van der Waals surface area (Å²) in [5.74, 6) is 1.42. The highest BCUT2D eigenvalue weighted by atomic mass is 35.5. The quantitative estimate of drug-likeness (QED) is 0.767. The van der Waals surface area contributed by atoms with Crippen LogP contribution >= 0.6 is 11.6 Å². The molecule has 0 radical (unpaired) electrons. The average Bonchev–Trinajstić information content (AvgIpc) is 2.82. The van der Waals surface area contributed by atoms with Gasteiger partial charge in [0.05, 0.1) is 11.6 Å². The number of benzene rings is 2. The minimum atomic E-state index is 0.588. The van der Waals surface area contributed by atoms with Crippen molar-refractivity contribution in [3.05, 3.63) is 58.6 Å². The maximum atomic E-state index is 6.15. The van der Waals surface area contributed by atoms with Crippen molar-refractivity contribution in [1.82, 2.24) is 5.32 Å². The first-order chi connectivity index (χ1) is 12.3. The fourth-order valence-electron chi connectivity index (χ4n) is 4.16. The van der Waals surface area contributed by atoms with Crippen molar-refractivity contribution in [2.75, 3.05) is 25.0 Å². The summed E-state index contributed by atoms with van der Waals surface area (Å²) in [4.78, 5) is 0. The van der Waals surface area contributed by atoms with Crippen molar-refractivity contribution >= 4 is 17.3 Å². The zero-order valence-electron chi connectivity index (χ0n) is 14.4. The van der Waals surface area contributed by atoms with E-state index in [9.17, 15) is 0 Å². The average molecular weight is 357 g/mol. The van der Waals surface area contributed by atoms with E-state index >= 15 is 0 Å². The molecule has 2 aromatic rings. The van der Waals surface area contributed by atoms with Crippen LogP contribution in [-0.2, 0) is 6.42 Å². The van der Waals surface area contributed by atoms with Gasteiger partial charge in [0, 0.05) is 17.6 Å². The van der Waals surface area contributed by atoms with Gasteiger partial charge in [0.2, 0.25) is 0 Å². The molecule has 0 amide bonds. The SMILES string of the molecule is Clc1ccccc1OCCCc1cccc2c1C1CCNCCC1N2. The molecule has 2 aliphatic heterocycles. The molecule has 0 aliphatic carbocycles. The minimum Gasteiger partial charge on any atom is -0.492 e. The molecule has 4 rings (SSSR count). The summed E-state index contributed by atoms with van der Waals surface area (Å²) in [7, 11) is 0. The van der Waals surface area contributed by atoms with Crippen LogP contribution in [0, 0.1) is 0 Å². The number of halogens is 1. The summed E-state index contributed by atoms with van der Waals surface area (Å²) in [5, 5.41) is 7.96. The monoisotopic (exact) mass is 356 g/mol. The topological polar surface area (TPSA) is 33.3 Å². The van der Waals surface area contributed by atoms with E-state index < -0.39 is 0 Å². The Bertz CT molecular complexity index is 734. The Morgan fingerprint density at radius 2 is 1.92 bits per heavy atom. The number of para-hydroxylation sites is 1. The van der Waals surface area contributed by atoms with Crippen molar-refractivity contribution in [3.63, 3.8) is 0 Å². The number of rotatable bonds is 5. The second kappa shape index (κ2) is 7.67. The lowest BCUT2D eigenvalue weighted by atomic mass is 9.87. The summed E-state index contributed by atoms with van der Waals surface area (Å²) >= 11 is 6.15. The lowest BCUT2D eigenvalue weighted by molar-refractivity contribution is 0.311. The normalized spacial score (nSPS) is 21.8. The fraction of sp³-hybridized carbons (Fsp3) is 0.429. The number of fused-ring (bicyclic) bond motifs is 3. The van der Waals surface area contributed by atoms with Crippen molar-refractivity contribution in [2.45, 2.75) is 37.6 Å². The molecule has 2 heterocycles. The smallest absolute Gasteiger partial charge is 0.137 e. The van der Waals surface area contributed by atoms with Gasteiger partial charge >= 0.3 is 0 Å². The van der Waals surface area contributed by atoms with Crippen LogP contribution in [0.25, 0.3) is 0 Å². The maximum Gasteiger partial charge on any atom is 0.137 e. The summed E-state index contributed by atoms with van der Waals surface area (Å²) < 4.78 is 5.85. The van der Waals surface area contributed by atoms with E-state index in [0.29, 0.717) is 23.6 Å². The van der Waals surface area contributed by atoms with Crippen LogP contribution in [0.2, 0.25) is 5.02 Å². The van der Waals surface area contributed by atoms with Gasteiger partial charge in [-0.15, -0.1) is 0 Å². The van der Waals surface area contributed by atoms with E-state index in [0.717, 1.165) is 31.7 Å². The predicted molar refractivity (Wildman–Crippen MR) is 104 cm³/mol. The zero-order chi connectivity index (χ0) is 17.1. The third kappa shape index (κ3) is 3.63. The summed E-state index contributed by atoms with van der Waals surface area (Å²) in [6, 6.07) is 15.0. The van der Waals surface area contributed by atoms with Crippen LogP contribution in [0.3, 0.4) is 0 Å². The van der Waals surface area contributed by atoms with E-state index in [4.69, 9.17) is 16.3 Å². The molecule has 2 atom stereocenters. The van der Waals surface area contributed by atoms with E-state index in [1.54, 1.807) is 5.56 Å². The number of aryl methyl sites for hydroxylation is 1. The van der Waals surface area contributed by atoms with Gasteiger partial charge in [-0.3, -0.25) is 0 Å². The molecule has 1 saturated heterocycles. The largest absolute Gasteiger partial charge is 0.492 e. The summed E-state index contributed by atoms with van der Waals surface area (Å²) in [5.41, 5.74) is 4.37. The molecule has 25 heavy (non-hydrogen) atoms. The highest BCUT2D eigenvalue weighted by Crippen LogP contribution is 2.42. The van der Waals surface area contributed by atoms with E-state index in [1.165, 1.54) is 24.1 Å². The van der Waals surface area contributed by atoms with Crippen LogP contribution in [0.1, 0.15) is 36.3 Å². The Hall–Kier alpha value is -1.71. The number of nitrogens with one attached hydrogen (secondary N) is 2. The molecule has 132 valence electrons. The van der Waals surface area contributed by atoms with Crippen molar-refractivity contribution in [3.8, 4) is 5.75 Å². The standard InChI is InChI=1S/C21H25ClN2O/c22-17-7-1-2-9-20(17)25-14-4-6-15-5-3-8-19-21(15)16-10-12-23-13-11-18(16)24-19/h1-3,5,7-9,16,18,23-24H,4,6,10-14H2. The van der Waals surface area contributed by atoms with Crippen molar-refractivity contribution in [1.29, 1.82) is 0 Å². The Morgan fingerprint density at radius 3 is 2.84 bits per heavy atom. The molecule has 2 unspecified atom stereocenters. The highest BCUT2D eigenvalue weighted by Gasteiger charge is 2.34. The van der Waals surface area contributed by atoms with Crippen LogP contribution < -0.4 is 15.4 Å². The summed E-state index contributed by atoms with van der Waals surface area (Å²) in [6.07, 6.45) is 4.47. The fourth-order valence-corrected chi connectivity index (χ4v) is 4.35. The lowest BCUT2D eigenvalue weighted by Gasteiger charge is -2.18. The number of ether oxygens (including phenoxy) is 1. The second-order valence-corrected chi connectivity index (χ2v) is 7.35. The number of hydrogen-bond acceptors (Lipinski definition) is 3. The molecule has 0 aromatic heterocycles. The van der Waals surface area contributed by atoms with Gasteiger partial charge in [-0.05, 0) is 68.1 Å². The van der Waals surface area contributed by atoms with Crippen LogP contribution in [0.4, 0.5) is 5.69 Å². The molecule has 0 bridgehead atoms. The Balaban J connectivity index is 1.41. The van der Waals surface area contributed by atoms with E-state index in [1.807, 2.05) is 24.3 Å². The zero-order valence-corrected chi connectivity index (χ0v) is 15.2. The van der Waals surface area contributed by atoms with Gasteiger partial charge in [0.15, 0.2) is 0 Å². The molecule has 4 heteroatoms. The summed E-state index contributed by atoms with van der Waals surface area (Å²) in [6.45, 7) is 2.92. The molecule has 0 saturated carbocycles. The van der Waals surface area contributed by atoms with Gasteiger partial charge in [0.25, 0.3) is 0 Å². The van der Waals surface area contributed by atoms with Gasteiger partial charge in [-0.2, -0.15) is 0 Å². The van der Waals surface area contributed by atoms with E-state index in [-0.39, 0.29) is 0 Å². The maximum absolute atomic E-state index is 6.15. The third-order valence-corrected chi connectivity index (χ3v) is 5.65. The molecule has 2 N–H and O–H groups in total. The first-order valence-corrected chi connectivity index (χ1v) is 9.67. The molecular formula is C21H25ClN2O. The second-order valence-electron chi connectivity index (χ2n) is 6.95. The van der Waals surface area contributed by atoms with Crippen LogP contribution in [-0.4, -0.2) is 25.7 Å². The van der Waals surface area contributed by atoms with Gasteiger partial charge in [-0.1, -0.05) is 35.9 Å². The Morgan fingerprint density at radius 1 is 1.04 bits per heavy atom. The number of hydrogen-bond donors (Lipinski definition) is 2. The molecule has 0 spiro atoms. The molecular weight excluding hydrogens is 332 g/mol. The lowest BCUT2D eigenvalue weighted by Crippen LogP contribution is -2.21. The number of anilines is 1. The van der Waals surface area contributed by atoms with Gasteiger partial charge in [0.1, 0.15) is 5.75 Å². The third-order valence-electron chi connectivity index (χ3n) is 5.34. The Kier molecular flexibility index (Phi) is 5.14.